The second-order valence-corrected chi connectivity index (χ2v) is 8.06. The highest BCUT2D eigenvalue weighted by Gasteiger charge is 2.11. The molecule has 0 bridgehead atoms. The van der Waals surface area contributed by atoms with Gasteiger partial charge in [-0.3, -0.25) is 0 Å². The van der Waals surface area contributed by atoms with Crippen molar-refractivity contribution < 1.29 is 4.79 Å². The molecule has 1 aliphatic rings. The van der Waals surface area contributed by atoms with Crippen molar-refractivity contribution in [1.29, 1.82) is 0 Å². The van der Waals surface area contributed by atoms with Crippen molar-refractivity contribution in [2.24, 2.45) is 0 Å². The van der Waals surface area contributed by atoms with Crippen molar-refractivity contribution in [2.75, 3.05) is 25.0 Å². The first-order valence-corrected chi connectivity index (χ1v) is 10.6. The lowest BCUT2D eigenvalue weighted by atomic mass is 10.1. The van der Waals surface area contributed by atoms with Gasteiger partial charge in [0, 0.05) is 16.8 Å². The number of nitrogens with zero attached hydrogens (tertiary/aromatic N) is 1. The second-order valence-electron chi connectivity index (χ2n) is 7.63. The van der Waals surface area contributed by atoms with Crippen LogP contribution in [0.3, 0.4) is 0 Å². The Kier molecular flexibility index (Phi) is 7.75. The fourth-order valence-electron chi connectivity index (χ4n) is 3.66. The molecule has 5 heteroatoms. The van der Waals surface area contributed by atoms with E-state index in [4.69, 9.17) is 11.6 Å². The first kappa shape index (κ1) is 20.7. The summed E-state index contributed by atoms with van der Waals surface area (Å²) in [5, 5.41) is 6.68. The van der Waals surface area contributed by atoms with Gasteiger partial charge in [-0.25, -0.2) is 4.79 Å². The Labute approximate surface area is 173 Å². The average Bonchev–Trinajstić information content (AvgIpc) is 2.70. The smallest absolute Gasteiger partial charge is 0.319 e. The van der Waals surface area contributed by atoms with Crippen LogP contribution in [-0.4, -0.2) is 36.6 Å². The number of amides is 2. The van der Waals surface area contributed by atoms with Gasteiger partial charge in [-0.15, -0.1) is 0 Å². The minimum absolute atomic E-state index is 0.148. The maximum absolute atomic E-state index is 12.2. The summed E-state index contributed by atoms with van der Waals surface area (Å²) in [5.41, 5.74) is 2.98. The number of nitrogens with one attached hydrogen (secondary N) is 2. The molecular weight excluding hydrogens is 370 g/mol. The molecule has 1 heterocycles. The summed E-state index contributed by atoms with van der Waals surface area (Å²) >= 11 is 5.94. The third-order valence-electron chi connectivity index (χ3n) is 5.26. The monoisotopic (exact) mass is 399 g/mol. The van der Waals surface area contributed by atoms with Gasteiger partial charge in [0.2, 0.25) is 0 Å². The Morgan fingerprint density at radius 3 is 2.25 bits per heavy atom. The molecule has 1 saturated heterocycles. The van der Waals surface area contributed by atoms with Gasteiger partial charge in [0.15, 0.2) is 0 Å². The van der Waals surface area contributed by atoms with Crippen LogP contribution >= 0.6 is 11.6 Å². The fourth-order valence-corrected chi connectivity index (χ4v) is 3.78. The molecule has 0 saturated carbocycles. The van der Waals surface area contributed by atoms with Crippen LogP contribution in [0.5, 0.6) is 0 Å². The lowest BCUT2D eigenvalue weighted by Crippen LogP contribution is -2.37. The number of halogens is 1. The van der Waals surface area contributed by atoms with Crippen molar-refractivity contribution in [3.63, 3.8) is 0 Å². The van der Waals surface area contributed by atoms with Crippen molar-refractivity contribution in [1.82, 2.24) is 10.2 Å². The van der Waals surface area contributed by atoms with E-state index in [2.05, 4.69) is 22.5 Å². The fraction of sp³-hybridized carbons (Fsp3) is 0.435. The van der Waals surface area contributed by atoms with Crippen LogP contribution < -0.4 is 10.6 Å². The molecule has 2 N–H and O–H groups in total. The number of hydrogen-bond donors (Lipinski definition) is 2. The molecule has 0 aliphatic carbocycles. The maximum Gasteiger partial charge on any atom is 0.319 e. The molecule has 28 heavy (non-hydrogen) atoms. The molecule has 2 amide bonds. The van der Waals surface area contributed by atoms with E-state index in [1.165, 1.54) is 32.4 Å². The summed E-state index contributed by atoms with van der Waals surface area (Å²) in [5.74, 6) is 0. The SMILES string of the molecule is CC(CCCN1CCCCC1)NC(=O)Nc1ccc(-c2ccc(Cl)cc2)cc1. The largest absolute Gasteiger partial charge is 0.335 e. The van der Waals surface area contributed by atoms with E-state index < -0.39 is 0 Å². The van der Waals surface area contributed by atoms with Crippen molar-refractivity contribution >= 4 is 23.3 Å². The normalized spacial score (nSPS) is 15.8. The van der Waals surface area contributed by atoms with E-state index in [0.717, 1.165) is 41.2 Å². The third kappa shape index (κ3) is 6.54. The zero-order valence-corrected chi connectivity index (χ0v) is 17.3. The van der Waals surface area contributed by atoms with Crippen LogP contribution in [0, 0.1) is 0 Å². The highest BCUT2D eigenvalue weighted by atomic mass is 35.5. The van der Waals surface area contributed by atoms with E-state index in [0.29, 0.717) is 0 Å². The van der Waals surface area contributed by atoms with Gasteiger partial charge >= 0.3 is 6.03 Å². The number of hydrogen-bond acceptors (Lipinski definition) is 2. The zero-order chi connectivity index (χ0) is 19.8. The summed E-state index contributed by atoms with van der Waals surface area (Å²) in [6.45, 7) is 5.67. The Morgan fingerprint density at radius 2 is 1.61 bits per heavy atom. The predicted octanol–water partition coefficient (Wildman–Crippen LogP) is 5.78. The maximum atomic E-state index is 12.2. The molecule has 1 fully saturated rings. The Hall–Kier alpha value is -2.04. The van der Waals surface area contributed by atoms with Gasteiger partial charge in [0.1, 0.15) is 0 Å². The quantitative estimate of drug-likeness (QED) is 0.619. The van der Waals surface area contributed by atoms with Crippen molar-refractivity contribution in [2.45, 2.75) is 45.1 Å². The molecule has 150 valence electrons. The van der Waals surface area contributed by atoms with Crippen LogP contribution in [0.2, 0.25) is 5.02 Å². The summed E-state index contributed by atoms with van der Waals surface area (Å²) in [6.07, 6.45) is 6.14. The molecule has 4 nitrogen and oxygen atoms in total. The van der Waals surface area contributed by atoms with Gasteiger partial charge in [-0.1, -0.05) is 42.3 Å². The lowest BCUT2D eigenvalue weighted by Gasteiger charge is -2.26. The molecule has 0 aromatic heterocycles. The van der Waals surface area contributed by atoms with Gasteiger partial charge in [0.25, 0.3) is 0 Å². The van der Waals surface area contributed by atoms with Gasteiger partial charge in [-0.05, 0) is 87.6 Å². The molecule has 1 unspecified atom stereocenters. The van der Waals surface area contributed by atoms with E-state index in [9.17, 15) is 4.79 Å². The van der Waals surface area contributed by atoms with Crippen LogP contribution in [0.15, 0.2) is 48.5 Å². The number of piperidine rings is 1. The number of likely N-dealkylation sites (tertiary alicyclic amines) is 1. The van der Waals surface area contributed by atoms with E-state index in [1.54, 1.807) is 0 Å². The minimum atomic E-state index is -0.148. The number of benzene rings is 2. The summed E-state index contributed by atoms with van der Waals surface area (Å²) in [7, 11) is 0. The molecule has 0 radical (unpaired) electrons. The van der Waals surface area contributed by atoms with Crippen LogP contribution in [0.25, 0.3) is 11.1 Å². The number of urea groups is 1. The Morgan fingerprint density at radius 1 is 1.00 bits per heavy atom. The first-order chi connectivity index (χ1) is 13.6. The number of carbonyl (C=O) groups is 1. The minimum Gasteiger partial charge on any atom is -0.335 e. The summed E-state index contributed by atoms with van der Waals surface area (Å²) in [4.78, 5) is 14.8. The van der Waals surface area contributed by atoms with Gasteiger partial charge in [0.05, 0.1) is 0 Å². The highest BCUT2D eigenvalue weighted by molar-refractivity contribution is 6.30. The number of anilines is 1. The highest BCUT2D eigenvalue weighted by Crippen LogP contribution is 2.23. The van der Waals surface area contributed by atoms with Crippen LogP contribution in [-0.2, 0) is 0 Å². The molecular formula is C23H30ClN3O. The van der Waals surface area contributed by atoms with Gasteiger partial charge < -0.3 is 15.5 Å². The van der Waals surface area contributed by atoms with Crippen LogP contribution in [0.4, 0.5) is 10.5 Å². The zero-order valence-electron chi connectivity index (χ0n) is 16.6. The number of carbonyl (C=O) groups excluding carboxylic acids is 1. The predicted molar refractivity (Wildman–Crippen MR) is 118 cm³/mol. The second kappa shape index (κ2) is 10.5. The Balaban J connectivity index is 1.40. The molecule has 1 aliphatic heterocycles. The first-order valence-electron chi connectivity index (χ1n) is 10.3. The van der Waals surface area contributed by atoms with Crippen molar-refractivity contribution in [3.05, 3.63) is 53.6 Å². The third-order valence-corrected chi connectivity index (χ3v) is 5.51. The number of rotatable bonds is 7. The van der Waals surface area contributed by atoms with Crippen LogP contribution in [0.1, 0.15) is 39.0 Å². The van der Waals surface area contributed by atoms with E-state index in [1.807, 2.05) is 48.5 Å². The Bertz CT molecular complexity index is 739. The molecule has 3 rings (SSSR count). The standard InChI is InChI=1S/C23H30ClN3O/c1-18(6-5-17-27-15-3-2-4-16-27)25-23(28)26-22-13-9-20(10-14-22)19-7-11-21(24)12-8-19/h7-14,18H,2-6,15-17H2,1H3,(H2,25,26,28). The van der Waals surface area contributed by atoms with E-state index in [-0.39, 0.29) is 12.1 Å². The molecule has 2 aromatic rings. The molecule has 2 aromatic carbocycles. The summed E-state index contributed by atoms with van der Waals surface area (Å²) < 4.78 is 0. The van der Waals surface area contributed by atoms with E-state index >= 15 is 0 Å². The topological polar surface area (TPSA) is 44.4 Å². The average molecular weight is 400 g/mol. The molecule has 0 spiro atoms. The molecule has 1 atom stereocenters. The lowest BCUT2D eigenvalue weighted by molar-refractivity contribution is 0.221. The van der Waals surface area contributed by atoms with Crippen molar-refractivity contribution in [3.8, 4) is 11.1 Å². The summed E-state index contributed by atoms with van der Waals surface area (Å²) in [6, 6.07) is 15.6. The van der Waals surface area contributed by atoms with Gasteiger partial charge in [-0.2, -0.15) is 0 Å².